The van der Waals surface area contributed by atoms with E-state index in [0.29, 0.717) is 5.66 Å². The molecule has 0 aliphatic heterocycles. The van der Waals surface area contributed by atoms with Crippen LogP contribution in [0.1, 0.15) is 53.9 Å². The van der Waals surface area contributed by atoms with Crippen LogP contribution in [0, 0.1) is 0 Å². The number of nitrogens with zero attached hydrogens (tertiary/aromatic N) is 1. The standard InChI is InChI=1S/C25H26NP/c1-3-12-21(13-4-1)27(22-14-5-2-6-15-22)24-17-9-11-20-18-19-10-7-8-16-23(19)26-25(20)24/h1-6,12-15,18,24H,7-11,16-17H2. The van der Waals surface area contributed by atoms with Crippen molar-refractivity contribution in [3.63, 3.8) is 0 Å². The molecule has 3 aromatic rings. The van der Waals surface area contributed by atoms with E-state index >= 15 is 0 Å². The van der Waals surface area contributed by atoms with Gasteiger partial charge in [-0.1, -0.05) is 66.7 Å². The highest BCUT2D eigenvalue weighted by molar-refractivity contribution is 7.73. The number of benzene rings is 2. The van der Waals surface area contributed by atoms with E-state index in [1.165, 1.54) is 78.1 Å². The molecule has 0 saturated heterocycles. The van der Waals surface area contributed by atoms with E-state index in [2.05, 4.69) is 66.7 Å². The van der Waals surface area contributed by atoms with Crippen LogP contribution in [0.15, 0.2) is 66.7 Å². The monoisotopic (exact) mass is 371 g/mol. The Morgan fingerprint density at radius 2 is 1.33 bits per heavy atom. The van der Waals surface area contributed by atoms with E-state index in [4.69, 9.17) is 4.98 Å². The van der Waals surface area contributed by atoms with Gasteiger partial charge in [-0.15, -0.1) is 0 Å². The lowest BCUT2D eigenvalue weighted by molar-refractivity contribution is 0.619. The fourth-order valence-electron chi connectivity index (χ4n) is 4.75. The molecule has 2 aliphatic carbocycles. The molecule has 1 aromatic heterocycles. The maximum Gasteiger partial charge on any atom is 0.0519 e. The third-order valence-corrected chi connectivity index (χ3v) is 8.87. The summed E-state index contributed by atoms with van der Waals surface area (Å²) >= 11 is 0. The maximum atomic E-state index is 5.32. The average molecular weight is 371 g/mol. The van der Waals surface area contributed by atoms with Crippen molar-refractivity contribution in [2.45, 2.75) is 50.6 Å². The van der Waals surface area contributed by atoms with Crippen LogP contribution in [-0.4, -0.2) is 4.98 Å². The van der Waals surface area contributed by atoms with E-state index < -0.39 is 7.92 Å². The Balaban J connectivity index is 1.64. The van der Waals surface area contributed by atoms with Crippen LogP contribution in [0.4, 0.5) is 0 Å². The van der Waals surface area contributed by atoms with Gasteiger partial charge < -0.3 is 0 Å². The highest BCUT2D eigenvalue weighted by atomic mass is 31.1. The normalized spacial score (nSPS) is 18.8. The molecule has 0 bridgehead atoms. The van der Waals surface area contributed by atoms with Gasteiger partial charge >= 0.3 is 0 Å². The molecular formula is C25H26NP. The Morgan fingerprint density at radius 3 is 2.04 bits per heavy atom. The predicted octanol–water partition coefficient (Wildman–Crippen LogP) is 5.47. The van der Waals surface area contributed by atoms with Crippen molar-refractivity contribution in [3.8, 4) is 0 Å². The summed E-state index contributed by atoms with van der Waals surface area (Å²) in [7, 11) is -0.431. The molecule has 1 atom stereocenters. The Labute approximate surface area is 163 Å². The molecule has 1 heterocycles. The first-order valence-electron chi connectivity index (χ1n) is 10.3. The molecule has 27 heavy (non-hydrogen) atoms. The van der Waals surface area contributed by atoms with E-state index in [0.717, 1.165) is 0 Å². The fourth-order valence-corrected chi connectivity index (χ4v) is 7.66. The van der Waals surface area contributed by atoms with Crippen molar-refractivity contribution >= 4 is 18.5 Å². The zero-order valence-corrected chi connectivity index (χ0v) is 16.7. The van der Waals surface area contributed by atoms with Crippen molar-refractivity contribution < 1.29 is 0 Å². The molecule has 0 radical (unpaired) electrons. The summed E-state index contributed by atoms with van der Waals surface area (Å²) in [6.45, 7) is 0. The van der Waals surface area contributed by atoms with Crippen molar-refractivity contribution in [2.24, 2.45) is 0 Å². The minimum atomic E-state index is -0.431. The van der Waals surface area contributed by atoms with Gasteiger partial charge in [0.25, 0.3) is 0 Å². The predicted molar refractivity (Wildman–Crippen MR) is 116 cm³/mol. The van der Waals surface area contributed by atoms with Crippen molar-refractivity contribution in [3.05, 3.63) is 89.2 Å². The molecule has 0 amide bonds. The topological polar surface area (TPSA) is 12.9 Å². The summed E-state index contributed by atoms with van der Waals surface area (Å²) in [6, 6.07) is 24.8. The maximum absolute atomic E-state index is 5.32. The van der Waals surface area contributed by atoms with Gasteiger partial charge in [-0.05, 0) is 74.6 Å². The van der Waals surface area contributed by atoms with E-state index in [9.17, 15) is 0 Å². The van der Waals surface area contributed by atoms with Gasteiger partial charge in [-0.2, -0.15) is 0 Å². The molecule has 2 heteroatoms. The minimum Gasteiger partial charge on any atom is -0.257 e. The lowest BCUT2D eigenvalue weighted by atomic mass is 9.89. The smallest absolute Gasteiger partial charge is 0.0519 e. The summed E-state index contributed by atoms with van der Waals surface area (Å²) in [4.78, 5) is 5.32. The molecule has 1 nitrogen and oxygen atoms in total. The zero-order chi connectivity index (χ0) is 18.1. The van der Waals surface area contributed by atoms with E-state index in [1.54, 1.807) is 0 Å². The van der Waals surface area contributed by atoms with E-state index in [-0.39, 0.29) is 0 Å². The summed E-state index contributed by atoms with van der Waals surface area (Å²) in [5, 5.41) is 2.96. The van der Waals surface area contributed by atoms with Crippen LogP contribution in [0.2, 0.25) is 0 Å². The molecular weight excluding hydrogens is 345 g/mol. The molecule has 2 aromatic carbocycles. The lowest BCUT2D eigenvalue weighted by Crippen LogP contribution is -2.22. The summed E-state index contributed by atoms with van der Waals surface area (Å²) in [6.07, 6.45) is 8.79. The molecule has 2 aliphatic rings. The van der Waals surface area contributed by atoms with Gasteiger partial charge in [-0.25, -0.2) is 0 Å². The largest absolute Gasteiger partial charge is 0.257 e. The Hall–Kier alpha value is -1.98. The van der Waals surface area contributed by atoms with Gasteiger partial charge in [-0.3, -0.25) is 4.98 Å². The number of pyridine rings is 1. The first-order valence-corrected chi connectivity index (χ1v) is 11.7. The quantitative estimate of drug-likeness (QED) is 0.556. The number of fused-ring (bicyclic) bond motifs is 2. The third-order valence-electron chi connectivity index (χ3n) is 6.03. The first kappa shape index (κ1) is 17.1. The van der Waals surface area contributed by atoms with Crippen LogP contribution < -0.4 is 10.6 Å². The summed E-state index contributed by atoms with van der Waals surface area (Å²) < 4.78 is 0. The van der Waals surface area contributed by atoms with Crippen LogP contribution in [-0.2, 0) is 19.3 Å². The van der Waals surface area contributed by atoms with Crippen LogP contribution in [0.3, 0.4) is 0 Å². The Bertz CT molecular complexity index is 880. The SMILES string of the molecule is c1ccc(P(c2ccccc2)C2CCCc3cc4c(nc32)CCCC4)cc1. The number of aryl methyl sites for hydroxylation is 3. The van der Waals surface area contributed by atoms with Crippen molar-refractivity contribution in [1.29, 1.82) is 0 Å². The Morgan fingerprint density at radius 1 is 0.704 bits per heavy atom. The number of hydrogen-bond donors (Lipinski definition) is 0. The molecule has 0 saturated carbocycles. The van der Waals surface area contributed by atoms with Gasteiger partial charge in [0.2, 0.25) is 0 Å². The molecule has 5 rings (SSSR count). The van der Waals surface area contributed by atoms with Gasteiger partial charge in [0.1, 0.15) is 0 Å². The Kier molecular flexibility index (Phi) is 4.80. The molecule has 1 unspecified atom stereocenters. The lowest BCUT2D eigenvalue weighted by Gasteiger charge is -2.34. The number of aromatic nitrogens is 1. The fraction of sp³-hybridized carbons (Fsp3) is 0.320. The van der Waals surface area contributed by atoms with E-state index in [1.807, 2.05) is 0 Å². The third kappa shape index (κ3) is 3.34. The van der Waals surface area contributed by atoms with Gasteiger partial charge in [0, 0.05) is 11.4 Å². The summed E-state index contributed by atoms with van der Waals surface area (Å²) in [5.41, 5.74) is 6.42. The highest BCUT2D eigenvalue weighted by Crippen LogP contribution is 2.54. The molecule has 0 N–H and O–H groups in total. The zero-order valence-electron chi connectivity index (χ0n) is 15.8. The van der Waals surface area contributed by atoms with Gasteiger partial charge in [0.05, 0.1) is 5.69 Å². The van der Waals surface area contributed by atoms with Crippen LogP contribution >= 0.6 is 7.92 Å². The average Bonchev–Trinajstić information content (AvgIpc) is 2.74. The number of rotatable bonds is 3. The number of hydrogen-bond acceptors (Lipinski definition) is 1. The van der Waals surface area contributed by atoms with Crippen molar-refractivity contribution in [1.82, 2.24) is 4.98 Å². The second kappa shape index (κ2) is 7.56. The molecule has 0 fully saturated rings. The van der Waals surface area contributed by atoms with Crippen LogP contribution in [0.25, 0.3) is 0 Å². The molecule has 136 valence electrons. The summed E-state index contributed by atoms with van der Waals surface area (Å²) in [5.74, 6) is 0. The van der Waals surface area contributed by atoms with Crippen LogP contribution in [0.5, 0.6) is 0 Å². The first-order chi connectivity index (χ1) is 13.4. The van der Waals surface area contributed by atoms with Gasteiger partial charge in [0.15, 0.2) is 0 Å². The second-order valence-electron chi connectivity index (χ2n) is 7.79. The molecule has 0 spiro atoms. The second-order valence-corrected chi connectivity index (χ2v) is 10.2. The minimum absolute atomic E-state index is 0.431. The van der Waals surface area contributed by atoms with Crippen molar-refractivity contribution in [2.75, 3.05) is 0 Å². The highest BCUT2D eigenvalue weighted by Gasteiger charge is 2.32.